The van der Waals surface area contributed by atoms with E-state index in [1.54, 1.807) is 12.3 Å². The molecule has 1 atom stereocenters. The normalized spacial score (nSPS) is 13.0. The lowest BCUT2D eigenvalue weighted by molar-refractivity contribution is -0.274. The summed E-state index contributed by atoms with van der Waals surface area (Å²) in [5, 5.41) is 12.7. The van der Waals surface area contributed by atoms with Crippen molar-refractivity contribution in [3.8, 4) is 28.7 Å². The number of ether oxygens (including phenoxy) is 1. The van der Waals surface area contributed by atoms with Crippen LogP contribution in [0, 0.1) is 5.92 Å². The first-order valence-corrected chi connectivity index (χ1v) is 16.2. The Balaban J connectivity index is 1.89. The first kappa shape index (κ1) is 29.1. The molecule has 8 nitrogen and oxygen atoms in total. The van der Waals surface area contributed by atoms with Gasteiger partial charge in [-0.25, -0.2) is 19.7 Å². The van der Waals surface area contributed by atoms with Crippen LogP contribution in [0.1, 0.15) is 32.4 Å². The number of imidazole rings is 1. The van der Waals surface area contributed by atoms with Crippen LogP contribution >= 0.6 is 0 Å². The lowest BCUT2D eigenvalue weighted by Gasteiger charge is -2.18. The zero-order valence-corrected chi connectivity index (χ0v) is 23.2. The highest BCUT2D eigenvalue weighted by atomic mass is 28.3. The number of carbonyl (C=O) groups is 1. The van der Waals surface area contributed by atoms with Crippen LogP contribution in [0.25, 0.3) is 22.9 Å². The van der Waals surface area contributed by atoms with Gasteiger partial charge in [-0.2, -0.15) is 0 Å². The summed E-state index contributed by atoms with van der Waals surface area (Å²) in [7, 11) is -1.24. The molecule has 0 aliphatic rings. The van der Waals surface area contributed by atoms with Gasteiger partial charge in [0.2, 0.25) is 0 Å². The molecule has 206 valence electrons. The molecule has 2 heterocycles. The highest BCUT2D eigenvalue weighted by molar-refractivity contribution is 6.76. The zero-order chi connectivity index (χ0) is 28.1. The van der Waals surface area contributed by atoms with Gasteiger partial charge < -0.3 is 20.1 Å². The molecule has 0 aliphatic carbocycles. The Bertz CT molecular complexity index is 1220. The average Bonchev–Trinajstić information content (AvgIpc) is 3.27. The molecule has 38 heavy (non-hydrogen) atoms. The van der Waals surface area contributed by atoms with Crippen LogP contribution in [-0.2, 0) is 11.2 Å². The van der Waals surface area contributed by atoms with Crippen molar-refractivity contribution in [2.24, 2.45) is 5.92 Å². The molecule has 3 aromatic rings. The number of nitrogens with one attached hydrogen (secondary N) is 2. The standard InChI is InChI=1S/C26H34F3N5O3Si/c1-16(2)13-20(25(35)36)32-22-14-18(7-6-12-38(3,4)5)31-24(34-22)23-30-15-21(33-23)17-8-10-19(11-9-17)37-26(27,28)29/h8-11,14-16,20H,6-7,12-13H2,1-5H3,(H,30,33)(H,35,36)(H,31,32,34). The third-order valence-corrected chi connectivity index (χ3v) is 7.49. The van der Waals surface area contributed by atoms with Crippen molar-refractivity contribution in [3.63, 3.8) is 0 Å². The van der Waals surface area contributed by atoms with Crippen molar-refractivity contribution in [1.82, 2.24) is 19.9 Å². The summed E-state index contributed by atoms with van der Waals surface area (Å²) in [5.74, 6) is -0.0513. The van der Waals surface area contributed by atoms with Crippen LogP contribution in [-0.4, -0.2) is 51.5 Å². The fourth-order valence-corrected chi connectivity index (χ4v) is 5.13. The van der Waals surface area contributed by atoms with Crippen molar-refractivity contribution in [3.05, 3.63) is 42.2 Å². The number of aryl methyl sites for hydroxylation is 1. The second kappa shape index (κ2) is 12.0. The molecule has 3 N–H and O–H groups in total. The molecule has 1 aromatic carbocycles. The molecule has 0 spiro atoms. The summed E-state index contributed by atoms with van der Waals surface area (Å²) < 4.78 is 41.3. The van der Waals surface area contributed by atoms with E-state index in [9.17, 15) is 23.1 Å². The number of rotatable bonds is 12. The van der Waals surface area contributed by atoms with Crippen molar-refractivity contribution >= 4 is 19.9 Å². The van der Waals surface area contributed by atoms with Crippen LogP contribution in [0.2, 0.25) is 25.7 Å². The maximum Gasteiger partial charge on any atom is 0.573 e. The molecular formula is C26H34F3N5O3Si. The molecule has 2 aromatic heterocycles. The zero-order valence-electron chi connectivity index (χ0n) is 22.2. The van der Waals surface area contributed by atoms with Crippen molar-refractivity contribution in [2.75, 3.05) is 5.32 Å². The van der Waals surface area contributed by atoms with E-state index < -0.39 is 26.4 Å². The number of H-pyrrole nitrogens is 1. The van der Waals surface area contributed by atoms with E-state index in [2.05, 4.69) is 49.6 Å². The number of aromatic nitrogens is 4. The second-order valence-electron chi connectivity index (χ2n) is 10.9. The molecule has 0 radical (unpaired) electrons. The minimum absolute atomic E-state index is 0.168. The number of alkyl halides is 3. The number of nitrogens with zero attached hydrogens (tertiary/aromatic N) is 3. The summed E-state index contributed by atoms with van der Waals surface area (Å²) in [6.07, 6.45) is -1.06. The van der Waals surface area contributed by atoms with Gasteiger partial charge in [0.15, 0.2) is 11.6 Å². The molecule has 0 saturated carbocycles. The van der Waals surface area contributed by atoms with Crippen LogP contribution < -0.4 is 10.1 Å². The number of hydrogen-bond acceptors (Lipinski definition) is 6. The third kappa shape index (κ3) is 9.16. The smallest absolute Gasteiger partial charge is 0.480 e. The lowest BCUT2D eigenvalue weighted by atomic mass is 10.0. The number of carboxylic acids is 1. The molecule has 0 amide bonds. The number of anilines is 1. The summed E-state index contributed by atoms with van der Waals surface area (Å²) in [6, 6.07) is 7.49. The van der Waals surface area contributed by atoms with Gasteiger partial charge >= 0.3 is 12.3 Å². The van der Waals surface area contributed by atoms with Gasteiger partial charge in [0.25, 0.3) is 0 Å². The number of benzene rings is 1. The Hall–Kier alpha value is -3.41. The fourth-order valence-electron chi connectivity index (χ4n) is 3.89. The quantitative estimate of drug-likeness (QED) is 0.218. The van der Waals surface area contributed by atoms with Gasteiger partial charge in [0.05, 0.1) is 5.69 Å². The van der Waals surface area contributed by atoms with E-state index in [0.29, 0.717) is 41.6 Å². The van der Waals surface area contributed by atoms with E-state index in [-0.39, 0.29) is 11.7 Å². The Labute approximate surface area is 221 Å². The fraction of sp³-hybridized carbons (Fsp3) is 0.462. The molecule has 1 unspecified atom stereocenters. The number of hydrogen-bond donors (Lipinski definition) is 3. The number of aliphatic carboxylic acids is 1. The predicted molar refractivity (Wildman–Crippen MR) is 143 cm³/mol. The number of aromatic amines is 1. The third-order valence-electron chi connectivity index (χ3n) is 5.64. The Morgan fingerprint density at radius 2 is 1.82 bits per heavy atom. The maximum absolute atomic E-state index is 12.5. The Morgan fingerprint density at radius 1 is 1.13 bits per heavy atom. The van der Waals surface area contributed by atoms with Crippen LogP contribution in [0.15, 0.2) is 36.5 Å². The van der Waals surface area contributed by atoms with E-state index in [1.807, 2.05) is 13.8 Å². The van der Waals surface area contributed by atoms with Crippen molar-refractivity contribution in [2.45, 2.75) is 71.2 Å². The molecule has 0 saturated heterocycles. The van der Waals surface area contributed by atoms with Crippen molar-refractivity contribution < 1.29 is 27.8 Å². The molecule has 0 bridgehead atoms. The molecule has 0 aliphatic heterocycles. The SMILES string of the molecule is CC(C)CC(Nc1cc(CCC[Si](C)(C)C)nc(-c2nc(-c3ccc(OC(F)(F)F)cc3)c[nH]2)n1)C(=O)O. The minimum atomic E-state index is -4.76. The van der Waals surface area contributed by atoms with E-state index in [1.165, 1.54) is 24.3 Å². The molecule has 12 heteroatoms. The highest BCUT2D eigenvalue weighted by Crippen LogP contribution is 2.27. The van der Waals surface area contributed by atoms with Crippen molar-refractivity contribution in [1.29, 1.82) is 0 Å². The first-order chi connectivity index (χ1) is 17.7. The van der Waals surface area contributed by atoms with Gasteiger partial charge in [-0.1, -0.05) is 46.0 Å². The summed E-state index contributed by atoms with van der Waals surface area (Å²) >= 11 is 0. The van der Waals surface area contributed by atoms with Gasteiger partial charge in [0, 0.05) is 31.6 Å². The first-order valence-electron chi connectivity index (χ1n) is 12.5. The highest BCUT2D eigenvalue weighted by Gasteiger charge is 2.31. The van der Waals surface area contributed by atoms with E-state index in [0.717, 1.165) is 18.2 Å². The summed E-state index contributed by atoms with van der Waals surface area (Å²) in [5.41, 5.74) is 1.84. The average molecular weight is 550 g/mol. The van der Waals surface area contributed by atoms with Gasteiger partial charge in [0.1, 0.15) is 17.6 Å². The molecule has 3 rings (SSSR count). The largest absolute Gasteiger partial charge is 0.573 e. The Morgan fingerprint density at radius 3 is 2.39 bits per heavy atom. The van der Waals surface area contributed by atoms with Gasteiger partial charge in [-0.05, 0) is 43.0 Å². The van der Waals surface area contributed by atoms with E-state index >= 15 is 0 Å². The maximum atomic E-state index is 12.5. The van der Waals surface area contributed by atoms with Crippen LogP contribution in [0.4, 0.5) is 19.0 Å². The molecular weight excluding hydrogens is 515 g/mol. The number of halogens is 3. The number of carboxylic acid groups (broad SMARTS) is 1. The molecule has 0 fully saturated rings. The van der Waals surface area contributed by atoms with Crippen LogP contribution in [0.3, 0.4) is 0 Å². The second-order valence-corrected chi connectivity index (χ2v) is 16.5. The van der Waals surface area contributed by atoms with Crippen LogP contribution in [0.5, 0.6) is 5.75 Å². The lowest BCUT2D eigenvalue weighted by Crippen LogP contribution is -2.31. The topological polar surface area (TPSA) is 113 Å². The predicted octanol–water partition coefficient (Wildman–Crippen LogP) is 6.61. The summed E-state index contributed by atoms with van der Waals surface area (Å²) in [6.45, 7) is 10.8. The van der Waals surface area contributed by atoms with Gasteiger partial charge in [-0.15, -0.1) is 13.2 Å². The minimum Gasteiger partial charge on any atom is -0.480 e. The monoisotopic (exact) mass is 549 g/mol. The van der Waals surface area contributed by atoms with E-state index in [4.69, 9.17) is 0 Å². The Kier molecular flexibility index (Phi) is 9.18. The summed E-state index contributed by atoms with van der Waals surface area (Å²) in [4.78, 5) is 28.6. The van der Waals surface area contributed by atoms with Gasteiger partial charge in [-0.3, -0.25) is 0 Å².